The van der Waals surface area contributed by atoms with Crippen LogP contribution in [-0.2, 0) is 0 Å². The molecule has 1 atom stereocenters. The molecule has 1 aliphatic carbocycles. The first-order valence-corrected chi connectivity index (χ1v) is 6.60. The lowest BCUT2D eigenvalue weighted by Crippen LogP contribution is -2.42. The fourth-order valence-electron chi connectivity index (χ4n) is 2.70. The normalized spacial score (nSPS) is 18.9. The van der Waals surface area contributed by atoms with Crippen molar-refractivity contribution in [2.24, 2.45) is 5.92 Å². The number of aromatic nitrogens is 2. The van der Waals surface area contributed by atoms with Crippen LogP contribution in [0.4, 0.5) is 4.79 Å². The SMILES string of the molecule is CCC(NC(=O)n1ccnc1)C1CCCCC1. The summed E-state index contributed by atoms with van der Waals surface area (Å²) in [6.45, 7) is 2.15. The van der Waals surface area contributed by atoms with Crippen molar-refractivity contribution in [3.8, 4) is 0 Å². The Morgan fingerprint density at radius 1 is 1.47 bits per heavy atom. The van der Waals surface area contributed by atoms with E-state index in [1.165, 1.54) is 36.7 Å². The summed E-state index contributed by atoms with van der Waals surface area (Å²) in [5.41, 5.74) is 0. The molecule has 1 amide bonds. The van der Waals surface area contributed by atoms with Gasteiger partial charge in [-0.2, -0.15) is 0 Å². The first-order valence-electron chi connectivity index (χ1n) is 6.60. The van der Waals surface area contributed by atoms with Crippen molar-refractivity contribution in [1.82, 2.24) is 14.9 Å². The smallest absolute Gasteiger partial charge is 0.327 e. The van der Waals surface area contributed by atoms with E-state index >= 15 is 0 Å². The first kappa shape index (κ1) is 12.1. The molecule has 1 N–H and O–H groups in total. The summed E-state index contributed by atoms with van der Waals surface area (Å²) in [5, 5.41) is 3.12. The van der Waals surface area contributed by atoms with Gasteiger partial charge in [0, 0.05) is 18.4 Å². The second-order valence-corrected chi connectivity index (χ2v) is 4.83. The van der Waals surface area contributed by atoms with Crippen LogP contribution in [0.1, 0.15) is 45.4 Å². The molecule has 0 saturated heterocycles. The fraction of sp³-hybridized carbons (Fsp3) is 0.692. The number of hydrogen-bond acceptors (Lipinski definition) is 2. The van der Waals surface area contributed by atoms with Gasteiger partial charge in [0.15, 0.2) is 0 Å². The van der Waals surface area contributed by atoms with Crippen molar-refractivity contribution in [2.45, 2.75) is 51.5 Å². The summed E-state index contributed by atoms with van der Waals surface area (Å²) in [7, 11) is 0. The van der Waals surface area contributed by atoms with Gasteiger partial charge >= 0.3 is 6.03 Å². The number of amides is 1. The Morgan fingerprint density at radius 3 is 2.82 bits per heavy atom. The Kier molecular flexibility index (Phi) is 4.18. The highest BCUT2D eigenvalue weighted by molar-refractivity contribution is 5.76. The van der Waals surface area contributed by atoms with Gasteiger partial charge in [0.25, 0.3) is 0 Å². The number of rotatable bonds is 3. The van der Waals surface area contributed by atoms with E-state index in [0.717, 1.165) is 6.42 Å². The molecule has 17 heavy (non-hydrogen) atoms. The van der Waals surface area contributed by atoms with Gasteiger partial charge in [0.05, 0.1) is 0 Å². The van der Waals surface area contributed by atoms with Crippen LogP contribution in [0, 0.1) is 5.92 Å². The number of carbonyl (C=O) groups excluding carboxylic acids is 1. The summed E-state index contributed by atoms with van der Waals surface area (Å²) in [4.78, 5) is 15.8. The van der Waals surface area contributed by atoms with Crippen LogP contribution in [0.5, 0.6) is 0 Å². The van der Waals surface area contributed by atoms with E-state index in [2.05, 4.69) is 17.2 Å². The molecule has 1 heterocycles. The van der Waals surface area contributed by atoms with Gasteiger partial charge in [-0.3, -0.25) is 4.57 Å². The van der Waals surface area contributed by atoms with Gasteiger partial charge in [-0.05, 0) is 25.2 Å². The van der Waals surface area contributed by atoms with Crippen molar-refractivity contribution >= 4 is 6.03 Å². The molecule has 4 nitrogen and oxygen atoms in total. The number of nitrogens with zero attached hydrogens (tertiary/aromatic N) is 2. The largest absolute Gasteiger partial charge is 0.334 e. The highest BCUT2D eigenvalue weighted by atomic mass is 16.2. The van der Waals surface area contributed by atoms with Crippen LogP contribution < -0.4 is 5.32 Å². The third-order valence-corrected chi connectivity index (χ3v) is 3.71. The molecule has 0 spiro atoms. The minimum absolute atomic E-state index is 0.0556. The maximum Gasteiger partial charge on any atom is 0.327 e. The molecule has 94 valence electrons. The summed E-state index contributed by atoms with van der Waals surface area (Å²) in [6, 6.07) is 0.255. The molecule has 1 saturated carbocycles. The molecular weight excluding hydrogens is 214 g/mol. The molecule has 1 fully saturated rings. The van der Waals surface area contributed by atoms with E-state index in [0.29, 0.717) is 12.0 Å². The predicted octanol–water partition coefficient (Wildman–Crippen LogP) is 2.80. The number of carbonyl (C=O) groups is 1. The zero-order chi connectivity index (χ0) is 12.1. The second kappa shape index (κ2) is 5.84. The van der Waals surface area contributed by atoms with E-state index in [4.69, 9.17) is 0 Å². The van der Waals surface area contributed by atoms with Crippen molar-refractivity contribution in [3.05, 3.63) is 18.7 Å². The summed E-state index contributed by atoms with van der Waals surface area (Å²) < 4.78 is 1.51. The van der Waals surface area contributed by atoms with Gasteiger partial charge < -0.3 is 5.32 Å². The Labute approximate surface area is 102 Å². The monoisotopic (exact) mass is 235 g/mol. The maximum absolute atomic E-state index is 11.9. The Hall–Kier alpha value is -1.32. The van der Waals surface area contributed by atoms with Crippen molar-refractivity contribution < 1.29 is 4.79 Å². The molecule has 0 bridgehead atoms. The molecule has 0 radical (unpaired) electrons. The number of imidazole rings is 1. The molecule has 4 heteroatoms. The van der Waals surface area contributed by atoms with Crippen LogP contribution in [-0.4, -0.2) is 21.6 Å². The zero-order valence-corrected chi connectivity index (χ0v) is 10.4. The second-order valence-electron chi connectivity index (χ2n) is 4.83. The number of nitrogens with one attached hydrogen (secondary N) is 1. The van der Waals surface area contributed by atoms with Crippen LogP contribution >= 0.6 is 0 Å². The highest BCUT2D eigenvalue weighted by Crippen LogP contribution is 2.27. The Morgan fingerprint density at radius 2 is 2.24 bits per heavy atom. The highest BCUT2D eigenvalue weighted by Gasteiger charge is 2.23. The average molecular weight is 235 g/mol. The van der Waals surface area contributed by atoms with Crippen LogP contribution in [0.25, 0.3) is 0 Å². The summed E-state index contributed by atoms with van der Waals surface area (Å²) >= 11 is 0. The van der Waals surface area contributed by atoms with E-state index in [-0.39, 0.29) is 6.03 Å². The van der Waals surface area contributed by atoms with Gasteiger partial charge in [0.1, 0.15) is 6.33 Å². The summed E-state index contributed by atoms with van der Waals surface area (Å²) in [5.74, 6) is 0.654. The maximum atomic E-state index is 11.9. The lowest BCUT2D eigenvalue weighted by molar-refractivity contribution is 0.221. The lowest BCUT2D eigenvalue weighted by Gasteiger charge is -2.30. The van der Waals surface area contributed by atoms with Crippen molar-refractivity contribution in [3.63, 3.8) is 0 Å². The average Bonchev–Trinajstić information content (AvgIpc) is 2.90. The van der Waals surface area contributed by atoms with E-state index < -0.39 is 0 Å². The van der Waals surface area contributed by atoms with Crippen LogP contribution in [0.15, 0.2) is 18.7 Å². The van der Waals surface area contributed by atoms with Crippen molar-refractivity contribution in [2.75, 3.05) is 0 Å². The molecule has 0 aromatic carbocycles. The molecule has 0 aliphatic heterocycles. The number of hydrogen-bond donors (Lipinski definition) is 1. The third kappa shape index (κ3) is 3.08. The quantitative estimate of drug-likeness (QED) is 0.875. The summed E-state index contributed by atoms with van der Waals surface area (Å²) in [6.07, 6.45) is 12.3. The topological polar surface area (TPSA) is 46.9 Å². The predicted molar refractivity (Wildman–Crippen MR) is 66.8 cm³/mol. The molecule has 1 aliphatic rings. The molecule has 2 rings (SSSR count). The zero-order valence-electron chi connectivity index (χ0n) is 10.4. The minimum atomic E-state index is -0.0556. The van der Waals surface area contributed by atoms with Gasteiger partial charge in [-0.15, -0.1) is 0 Å². The third-order valence-electron chi connectivity index (χ3n) is 3.71. The van der Waals surface area contributed by atoms with Crippen LogP contribution in [0.3, 0.4) is 0 Å². The molecule has 1 aromatic rings. The standard InChI is InChI=1S/C13H21N3O/c1-2-12(11-6-4-3-5-7-11)15-13(17)16-9-8-14-10-16/h8-12H,2-7H2,1H3,(H,15,17). The first-order chi connectivity index (χ1) is 8.31. The van der Waals surface area contributed by atoms with E-state index in [1.54, 1.807) is 18.7 Å². The Balaban J connectivity index is 1.92. The van der Waals surface area contributed by atoms with Crippen LogP contribution in [0.2, 0.25) is 0 Å². The van der Waals surface area contributed by atoms with E-state index in [9.17, 15) is 4.79 Å². The minimum Gasteiger partial charge on any atom is -0.334 e. The molecular formula is C13H21N3O. The van der Waals surface area contributed by atoms with Gasteiger partial charge in [0.2, 0.25) is 0 Å². The fourth-order valence-corrected chi connectivity index (χ4v) is 2.70. The molecule has 1 unspecified atom stereocenters. The van der Waals surface area contributed by atoms with Crippen molar-refractivity contribution in [1.29, 1.82) is 0 Å². The van der Waals surface area contributed by atoms with Gasteiger partial charge in [-0.25, -0.2) is 9.78 Å². The van der Waals surface area contributed by atoms with E-state index in [1.807, 2.05) is 0 Å². The molecule has 1 aromatic heterocycles. The Bertz CT molecular complexity index is 342. The lowest BCUT2D eigenvalue weighted by atomic mass is 9.83. The van der Waals surface area contributed by atoms with Gasteiger partial charge in [-0.1, -0.05) is 26.2 Å².